The smallest absolute Gasteiger partial charge is 0.241 e. The molecule has 2 aromatic carbocycles. The molecular weight excluding hydrogens is 310 g/mol. The summed E-state index contributed by atoms with van der Waals surface area (Å²) in [6, 6.07) is 18.4. The topological polar surface area (TPSA) is 35.6 Å². The second-order valence-electron chi connectivity index (χ2n) is 7.43. The van der Waals surface area contributed by atoms with Crippen LogP contribution in [0.3, 0.4) is 0 Å². The van der Waals surface area contributed by atoms with E-state index in [0.717, 1.165) is 5.56 Å². The van der Waals surface area contributed by atoms with Gasteiger partial charge in [-0.2, -0.15) is 0 Å². The molecule has 0 aromatic heterocycles. The Labute approximate surface area is 150 Å². The maximum absolute atomic E-state index is 13.0. The van der Waals surface area contributed by atoms with Gasteiger partial charge in [0.15, 0.2) is 0 Å². The van der Waals surface area contributed by atoms with E-state index in [1.165, 1.54) is 11.3 Å². The first-order chi connectivity index (χ1) is 11.9. The molecule has 1 saturated heterocycles. The van der Waals surface area contributed by atoms with Crippen LogP contribution in [0.1, 0.15) is 25.0 Å². The monoisotopic (exact) mass is 337 g/mol. The van der Waals surface area contributed by atoms with E-state index < -0.39 is 0 Å². The Morgan fingerprint density at radius 2 is 1.64 bits per heavy atom. The number of hydrogen-bond acceptors (Lipinski definition) is 3. The largest absolute Gasteiger partial charge is 0.378 e. The SMILES string of the molecule is CN(C)c1ccc(C[C@@H]2NC(C)(C)N(Cc3ccccc3)C2=O)cc1. The average Bonchev–Trinajstić information content (AvgIpc) is 2.79. The van der Waals surface area contributed by atoms with Gasteiger partial charge in [0.1, 0.15) is 0 Å². The van der Waals surface area contributed by atoms with Gasteiger partial charge in [-0.25, -0.2) is 0 Å². The Bertz CT molecular complexity index is 723. The molecule has 25 heavy (non-hydrogen) atoms. The summed E-state index contributed by atoms with van der Waals surface area (Å²) in [6.07, 6.45) is 0.710. The number of nitrogens with zero attached hydrogens (tertiary/aromatic N) is 2. The summed E-state index contributed by atoms with van der Waals surface area (Å²) >= 11 is 0. The summed E-state index contributed by atoms with van der Waals surface area (Å²) in [5.74, 6) is 0.172. The standard InChI is InChI=1S/C21H27N3O/c1-21(2)22-19(14-16-10-12-18(13-11-16)23(3)4)20(25)24(21)15-17-8-6-5-7-9-17/h5-13,19,22H,14-15H2,1-4H3/t19-/m0/s1. The highest BCUT2D eigenvalue weighted by Crippen LogP contribution is 2.26. The van der Waals surface area contributed by atoms with Gasteiger partial charge < -0.3 is 9.80 Å². The van der Waals surface area contributed by atoms with Crippen LogP contribution in [0.4, 0.5) is 5.69 Å². The Balaban J connectivity index is 1.72. The van der Waals surface area contributed by atoms with Crippen LogP contribution in [0.2, 0.25) is 0 Å². The second kappa shape index (κ2) is 6.89. The van der Waals surface area contributed by atoms with Crippen LogP contribution in [-0.4, -0.2) is 36.6 Å². The van der Waals surface area contributed by atoms with Crippen molar-refractivity contribution in [1.82, 2.24) is 10.2 Å². The molecule has 1 N–H and O–H groups in total. The lowest BCUT2D eigenvalue weighted by Crippen LogP contribution is -2.46. The van der Waals surface area contributed by atoms with Gasteiger partial charge in [-0.3, -0.25) is 10.1 Å². The summed E-state index contributed by atoms with van der Waals surface area (Å²) < 4.78 is 0. The fourth-order valence-corrected chi connectivity index (χ4v) is 3.38. The Morgan fingerprint density at radius 1 is 1.00 bits per heavy atom. The zero-order chi connectivity index (χ0) is 18.0. The molecule has 1 amide bonds. The maximum atomic E-state index is 13.0. The minimum absolute atomic E-state index is 0.172. The molecule has 2 aromatic rings. The molecule has 132 valence electrons. The first-order valence-electron chi connectivity index (χ1n) is 8.76. The van der Waals surface area contributed by atoms with Crippen molar-refractivity contribution in [3.63, 3.8) is 0 Å². The number of anilines is 1. The minimum Gasteiger partial charge on any atom is -0.378 e. The van der Waals surface area contributed by atoms with Crippen LogP contribution in [-0.2, 0) is 17.8 Å². The van der Waals surface area contributed by atoms with Gasteiger partial charge in [0.05, 0.1) is 11.7 Å². The average molecular weight is 337 g/mol. The molecule has 1 heterocycles. The molecule has 0 aliphatic carbocycles. The lowest BCUT2D eigenvalue weighted by atomic mass is 10.1. The highest BCUT2D eigenvalue weighted by Gasteiger charge is 2.43. The van der Waals surface area contributed by atoms with E-state index in [0.29, 0.717) is 13.0 Å². The van der Waals surface area contributed by atoms with E-state index in [1.54, 1.807) is 0 Å². The van der Waals surface area contributed by atoms with Crippen LogP contribution in [0.15, 0.2) is 54.6 Å². The van der Waals surface area contributed by atoms with E-state index in [2.05, 4.69) is 60.5 Å². The fraction of sp³-hybridized carbons (Fsp3) is 0.381. The molecule has 4 heteroatoms. The molecule has 1 atom stereocenters. The first-order valence-corrected chi connectivity index (χ1v) is 8.76. The fourth-order valence-electron chi connectivity index (χ4n) is 3.38. The predicted octanol–water partition coefficient (Wildman–Crippen LogP) is 3.03. The number of carbonyl (C=O) groups excluding carboxylic acids is 1. The van der Waals surface area contributed by atoms with Crippen molar-refractivity contribution >= 4 is 11.6 Å². The maximum Gasteiger partial charge on any atom is 0.241 e. The summed E-state index contributed by atoms with van der Waals surface area (Å²) in [5, 5.41) is 3.50. The third-order valence-electron chi connectivity index (χ3n) is 4.84. The van der Waals surface area contributed by atoms with Gasteiger partial charge in [0.25, 0.3) is 0 Å². The van der Waals surface area contributed by atoms with Crippen molar-refractivity contribution < 1.29 is 4.79 Å². The van der Waals surface area contributed by atoms with E-state index >= 15 is 0 Å². The summed E-state index contributed by atoms with van der Waals surface area (Å²) in [6.45, 7) is 4.78. The molecule has 0 saturated carbocycles. The number of nitrogens with one attached hydrogen (secondary N) is 1. The molecule has 0 bridgehead atoms. The van der Waals surface area contributed by atoms with Crippen molar-refractivity contribution in [3.05, 3.63) is 65.7 Å². The lowest BCUT2D eigenvalue weighted by molar-refractivity contribution is -0.132. The molecule has 1 fully saturated rings. The van der Waals surface area contributed by atoms with E-state index in [4.69, 9.17) is 0 Å². The number of amides is 1. The molecule has 4 nitrogen and oxygen atoms in total. The van der Waals surface area contributed by atoms with E-state index in [-0.39, 0.29) is 17.6 Å². The van der Waals surface area contributed by atoms with Crippen LogP contribution < -0.4 is 10.2 Å². The normalized spacial score (nSPS) is 19.3. The molecule has 0 spiro atoms. The van der Waals surface area contributed by atoms with Gasteiger partial charge >= 0.3 is 0 Å². The number of carbonyl (C=O) groups is 1. The second-order valence-corrected chi connectivity index (χ2v) is 7.43. The van der Waals surface area contributed by atoms with Crippen molar-refractivity contribution in [2.45, 2.75) is 38.5 Å². The van der Waals surface area contributed by atoms with E-state index in [1.807, 2.05) is 37.2 Å². The predicted molar refractivity (Wildman–Crippen MR) is 102 cm³/mol. The molecule has 1 aliphatic heterocycles. The van der Waals surface area contributed by atoms with E-state index in [9.17, 15) is 4.79 Å². The summed E-state index contributed by atoms with van der Waals surface area (Å²) in [7, 11) is 4.06. The highest BCUT2D eigenvalue weighted by molar-refractivity contribution is 5.85. The number of hydrogen-bond donors (Lipinski definition) is 1. The molecular formula is C21H27N3O. The number of rotatable bonds is 5. The third kappa shape index (κ3) is 3.85. The first kappa shape index (κ1) is 17.5. The van der Waals surface area contributed by atoms with Crippen molar-refractivity contribution in [2.24, 2.45) is 0 Å². The van der Waals surface area contributed by atoms with Crippen LogP contribution in [0.5, 0.6) is 0 Å². The minimum atomic E-state index is -0.346. The quantitative estimate of drug-likeness (QED) is 0.911. The van der Waals surface area contributed by atoms with Crippen LogP contribution >= 0.6 is 0 Å². The van der Waals surface area contributed by atoms with Crippen molar-refractivity contribution in [3.8, 4) is 0 Å². The lowest BCUT2D eigenvalue weighted by Gasteiger charge is -2.31. The molecule has 3 rings (SSSR count). The summed E-state index contributed by atoms with van der Waals surface area (Å²) in [4.78, 5) is 17.0. The van der Waals surface area contributed by atoms with Gasteiger partial charge in [-0.15, -0.1) is 0 Å². The molecule has 1 aliphatic rings. The van der Waals surface area contributed by atoms with Gasteiger partial charge in [0, 0.05) is 26.3 Å². The Morgan fingerprint density at radius 3 is 2.24 bits per heavy atom. The van der Waals surface area contributed by atoms with Crippen molar-refractivity contribution in [1.29, 1.82) is 0 Å². The molecule has 0 radical (unpaired) electrons. The summed E-state index contributed by atoms with van der Waals surface area (Å²) in [5.41, 5.74) is 3.15. The van der Waals surface area contributed by atoms with Gasteiger partial charge in [-0.05, 0) is 43.5 Å². The Kier molecular flexibility index (Phi) is 4.82. The van der Waals surface area contributed by atoms with Gasteiger partial charge in [0.2, 0.25) is 5.91 Å². The Hall–Kier alpha value is -2.33. The zero-order valence-corrected chi connectivity index (χ0v) is 15.5. The van der Waals surface area contributed by atoms with Crippen molar-refractivity contribution in [2.75, 3.05) is 19.0 Å². The zero-order valence-electron chi connectivity index (χ0n) is 15.5. The number of benzene rings is 2. The molecule has 0 unspecified atom stereocenters. The van der Waals surface area contributed by atoms with Crippen LogP contribution in [0.25, 0.3) is 0 Å². The van der Waals surface area contributed by atoms with Gasteiger partial charge in [-0.1, -0.05) is 42.5 Å². The van der Waals surface area contributed by atoms with Crippen LogP contribution in [0, 0.1) is 0 Å². The third-order valence-corrected chi connectivity index (χ3v) is 4.84. The highest BCUT2D eigenvalue weighted by atomic mass is 16.2.